The summed E-state index contributed by atoms with van der Waals surface area (Å²) < 4.78 is 0. The molecule has 0 aliphatic heterocycles. The molecule has 1 saturated carbocycles. The number of carboxylic acid groups (broad SMARTS) is 3. The number of nitrogens with one attached hydrogen (secondary N) is 2. The smallest absolute Gasteiger partial charge is 0.336 e. The molecular formula is C31H41N3O7. The van der Waals surface area contributed by atoms with Crippen LogP contribution in [0.3, 0.4) is 0 Å². The van der Waals surface area contributed by atoms with Crippen LogP contribution in [0.25, 0.3) is 10.9 Å². The van der Waals surface area contributed by atoms with Gasteiger partial charge >= 0.3 is 17.9 Å². The Morgan fingerprint density at radius 3 is 2.07 bits per heavy atom. The largest absolute Gasteiger partial charge is 0.481 e. The number of carboxylic acids is 3. The standard InChI is InChI=1S/C25H33N3.C6H8O7/c1-19(17-20-18-26-24-12-8-7-11-23(20)24)27-22-13-15-25(16-14-22,28(2)3)21-9-5-4-6-10-21;7-3(8)1-6(13,5(11)12)2-4(9)10/h4-12,18-19,22,26-27H,13-17H2,1-3H3;13H,1-2H2,(H,7,8)(H,9,10)(H,11,12). The second kappa shape index (κ2) is 13.8. The highest BCUT2D eigenvalue weighted by atomic mass is 16.4. The Kier molecular flexibility index (Phi) is 10.7. The Labute approximate surface area is 240 Å². The lowest BCUT2D eigenvalue weighted by Crippen LogP contribution is -2.49. The number of aliphatic carboxylic acids is 3. The quantitative estimate of drug-likeness (QED) is 0.202. The number of nitrogens with zero attached hydrogens (tertiary/aromatic N) is 1. The molecule has 1 aliphatic carbocycles. The van der Waals surface area contributed by atoms with Gasteiger partial charge in [0.1, 0.15) is 0 Å². The fourth-order valence-electron chi connectivity index (χ4n) is 5.81. The number of hydrogen-bond acceptors (Lipinski definition) is 6. The number of rotatable bonds is 11. The Balaban J connectivity index is 0.000000302. The van der Waals surface area contributed by atoms with Crippen LogP contribution < -0.4 is 5.32 Å². The molecule has 4 rings (SSSR count). The summed E-state index contributed by atoms with van der Waals surface area (Å²) >= 11 is 0. The van der Waals surface area contributed by atoms with Gasteiger partial charge in [-0.05, 0) is 70.3 Å². The minimum absolute atomic E-state index is 0.180. The van der Waals surface area contributed by atoms with Gasteiger partial charge in [-0.3, -0.25) is 14.5 Å². The van der Waals surface area contributed by atoms with Crippen molar-refractivity contribution in [2.75, 3.05) is 14.1 Å². The molecule has 1 heterocycles. The fourth-order valence-corrected chi connectivity index (χ4v) is 5.81. The van der Waals surface area contributed by atoms with Crippen LogP contribution in [0.4, 0.5) is 0 Å². The number of benzene rings is 2. The molecule has 0 amide bonds. The monoisotopic (exact) mass is 567 g/mol. The van der Waals surface area contributed by atoms with Gasteiger partial charge in [0.2, 0.25) is 0 Å². The predicted octanol–water partition coefficient (Wildman–Crippen LogP) is 3.84. The molecule has 0 bridgehead atoms. The summed E-state index contributed by atoms with van der Waals surface area (Å²) in [6.45, 7) is 2.33. The molecule has 1 fully saturated rings. The molecule has 222 valence electrons. The summed E-state index contributed by atoms with van der Waals surface area (Å²) in [5.74, 6) is -5.02. The van der Waals surface area contributed by atoms with Crippen LogP contribution >= 0.6 is 0 Å². The maximum Gasteiger partial charge on any atom is 0.336 e. The second-order valence-corrected chi connectivity index (χ2v) is 11.2. The molecule has 0 saturated heterocycles. The van der Waals surface area contributed by atoms with Gasteiger partial charge in [-0.1, -0.05) is 48.5 Å². The third kappa shape index (κ3) is 8.16. The van der Waals surface area contributed by atoms with Gasteiger partial charge in [0.15, 0.2) is 5.60 Å². The van der Waals surface area contributed by atoms with Gasteiger partial charge in [-0.25, -0.2) is 4.79 Å². The first kappa shape index (κ1) is 31.8. The number of aromatic nitrogens is 1. The van der Waals surface area contributed by atoms with E-state index in [-0.39, 0.29) is 5.54 Å². The van der Waals surface area contributed by atoms with Crippen molar-refractivity contribution in [1.82, 2.24) is 15.2 Å². The number of fused-ring (bicyclic) bond motifs is 1. The van der Waals surface area contributed by atoms with E-state index >= 15 is 0 Å². The summed E-state index contributed by atoms with van der Waals surface area (Å²) in [4.78, 5) is 36.3. The molecule has 3 aromatic rings. The van der Waals surface area contributed by atoms with Crippen LogP contribution in [0.15, 0.2) is 60.8 Å². The maximum absolute atomic E-state index is 10.3. The number of H-pyrrole nitrogens is 1. The molecule has 6 N–H and O–H groups in total. The van der Waals surface area contributed by atoms with Gasteiger partial charge < -0.3 is 30.7 Å². The molecule has 1 aromatic heterocycles. The number of hydrogen-bond donors (Lipinski definition) is 6. The van der Waals surface area contributed by atoms with E-state index in [4.69, 9.17) is 20.4 Å². The molecule has 1 aliphatic rings. The van der Waals surface area contributed by atoms with Crippen molar-refractivity contribution in [3.8, 4) is 0 Å². The fraction of sp³-hybridized carbons (Fsp3) is 0.452. The van der Waals surface area contributed by atoms with Crippen LogP contribution in [-0.4, -0.2) is 80.0 Å². The summed E-state index contributed by atoms with van der Waals surface area (Å²) in [5, 5.41) is 39.1. The van der Waals surface area contributed by atoms with Crippen molar-refractivity contribution < 1.29 is 34.8 Å². The molecular weight excluding hydrogens is 526 g/mol. The third-order valence-electron chi connectivity index (χ3n) is 7.99. The Bertz CT molecular complexity index is 1300. The lowest BCUT2D eigenvalue weighted by molar-refractivity contribution is -0.170. The number of para-hydroxylation sites is 1. The molecule has 10 heteroatoms. The molecule has 0 spiro atoms. The van der Waals surface area contributed by atoms with Crippen LogP contribution in [0.5, 0.6) is 0 Å². The second-order valence-electron chi connectivity index (χ2n) is 11.2. The normalized spacial score (nSPS) is 19.8. The summed E-state index contributed by atoms with van der Waals surface area (Å²) in [6, 6.07) is 20.8. The molecule has 41 heavy (non-hydrogen) atoms. The molecule has 1 unspecified atom stereocenters. The van der Waals surface area contributed by atoms with E-state index in [0.717, 1.165) is 6.42 Å². The van der Waals surface area contributed by atoms with Crippen molar-refractivity contribution >= 4 is 28.8 Å². The van der Waals surface area contributed by atoms with Gasteiger partial charge in [0.25, 0.3) is 0 Å². The van der Waals surface area contributed by atoms with Crippen molar-refractivity contribution in [2.24, 2.45) is 0 Å². The highest BCUT2D eigenvalue weighted by Crippen LogP contribution is 2.41. The highest BCUT2D eigenvalue weighted by Gasteiger charge is 2.41. The SMILES string of the molecule is CC(Cc1c[nH]c2ccccc12)NC1CCC(c2ccccc2)(N(C)C)CC1.O=C(O)CC(O)(CC(=O)O)C(=O)O. The Hall–Kier alpha value is -3.73. The average molecular weight is 568 g/mol. The van der Waals surface area contributed by atoms with Crippen LogP contribution in [0.1, 0.15) is 56.6 Å². The van der Waals surface area contributed by atoms with Crippen LogP contribution in [0.2, 0.25) is 0 Å². The zero-order valence-electron chi connectivity index (χ0n) is 23.8. The van der Waals surface area contributed by atoms with Crippen molar-refractivity contribution in [2.45, 2.75) is 75.1 Å². The van der Waals surface area contributed by atoms with Gasteiger partial charge in [0.05, 0.1) is 12.8 Å². The minimum Gasteiger partial charge on any atom is -0.481 e. The zero-order chi connectivity index (χ0) is 30.2. The summed E-state index contributed by atoms with van der Waals surface area (Å²) in [7, 11) is 4.47. The van der Waals surface area contributed by atoms with Crippen molar-refractivity contribution in [3.05, 3.63) is 71.9 Å². The summed E-state index contributed by atoms with van der Waals surface area (Å²) in [6.07, 6.45) is 5.83. The molecule has 10 nitrogen and oxygen atoms in total. The van der Waals surface area contributed by atoms with Crippen LogP contribution in [-0.2, 0) is 26.3 Å². The lowest BCUT2D eigenvalue weighted by Gasteiger charge is -2.46. The average Bonchev–Trinajstić information content (AvgIpc) is 3.31. The Morgan fingerprint density at radius 2 is 1.54 bits per heavy atom. The third-order valence-corrected chi connectivity index (χ3v) is 7.99. The Morgan fingerprint density at radius 1 is 0.976 bits per heavy atom. The highest BCUT2D eigenvalue weighted by molar-refractivity contribution is 5.88. The van der Waals surface area contributed by atoms with E-state index in [1.165, 1.54) is 47.7 Å². The maximum atomic E-state index is 10.3. The van der Waals surface area contributed by atoms with Crippen molar-refractivity contribution in [1.29, 1.82) is 0 Å². The number of aromatic amines is 1. The number of aliphatic hydroxyl groups is 1. The van der Waals surface area contributed by atoms with Gasteiger partial charge in [0, 0.05) is 34.7 Å². The van der Waals surface area contributed by atoms with Crippen LogP contribution in [0, 0.1) is 0 Å². The molecule has 2 aromatic carbocycles. The lowest BCUT2D eigenvalue weighted by atomic mass is 9.74. The van der Waals surface area contributed by atoms with E-state index in [2.05, 4.69) is 97.0 Å². The molecule has 1 atom stereocenters. The zero-order valence-corrected chi connectivity index (χ0v) is 23.8. The van der Waals surface area contributed by atoms with E-state index < -0.39 is 36.4 Å². The number of carbonyl (C=O) groups is 3. The van der Waals surface area contributed by atoms with Crippen molar-refractivity contribution in [3.63, 3.8) is 0 Å². The van der Waals surface area contributed by atoms with Gasteiger partial charge in [-0.15, -0.1) is 0 Å². The summed E-state index contributed by atoms with van der Waals surface area (Å²) in [5.41, 5.74) is 1.56. The first-order valence-corrected chi connectivity index (χ1v) is 13.8. The van der Waals surface area contributed by atoms with E-state index in [1.807, 2.05) is 0 Å². The van der Waals surface area contributed by atoms with E-state index in [0.29, 0.717) is 12.1 Å². The van der Waals surface area contributed by atoms with E-state index in [9.17, 15) is 14.4 Å². The molecule has 0 radical (unpaired) electrons. The van der Waals surface area contributed by atoms with E-state index in [1.54, 1.807) is 0 Å². The first-order valence-electron chi connectivity index (χ1n) is 13.8. The predicted molar refractivity (Wildman–Crippen MR) is 156 cm³/mol. The minimum atomic E-state index is -2.74. The van der Waals surface area contributed by atoms with Gasteiger partial charge in [-0.2, -0.15) is 0 Å². The first-order chi connectivity index (χ1) is 19.4. The topological polar surface area (TPSA) is 163 Å².